The molecule has 0 bridgehead atoms. The van der Waals surface area contributed by atoms with Gasteiger partial charge < -0.3 is 0 Å². The first-order valence-corrected chi connectivity index (χ1v) is 8.74. The highest BCUT2D eigenvalue weighted by Crippen LogP contribution is 2.28. The smallest absolute Gasteiger partial charge is 0.293 e. The molecular formula is C15H19F3O3S. The maximum atomic E-state index is 12.6. The summed E-state index contributed by atoms with van der Waals surface area (Å²) in [5.74, 6) is -1.56. The van der Waals surface area contributed by atoms with Crippen molar-refractivity contribution in [1.82, 2.24) is 0 Å². The van der Waals surface area contributed by atoms with Gasteiger partial charge in [-0.2, -0.15) is 13.2 Å². The number of rotatable bonds is 8. The normalized spacial score (nSPS) is 13.8. The van der Waals surface area contributed by atoms with E-state index in [1.54, 1.807) is 25.1 Å². The molecule has 0 fully saturated rings. The number of carbonyl (C=O) groups is 1. The fraction of sp³-hybridized carbons (Fsp3) is 0.533. The number of alkyl halides is 3. The Hall–Kier alpha value is -1.37. The monoisotopic (exact) mass is 336 g/mol. The van der Waals surface area contributed by atoms with E-state index >= 15 is 0 Å². The molecule has 0 aliphatic heterocycles. The second kappa shape index (κ2) is 7.76. The molecule has 0 N–H and O–H groups in total. The molecule has 0 aliphatic rings. The van der Waals surface area contributed by atoms with Crippen LogP contribution in [-0.4, -0.2) is 31.4 Å². The molecule has 0 aromatic heterocycles. The number of sulfone groups is 1. The molecule has 124 valence electrons. The quantitative estimate of drug-likeness (QED) is 0.679. The Kier molecular flexibility index (Phi) is 6.59. The molecule has 0 saturated carbocycles. The van der Waals surface area contributed by atoms with Crippen molar-refractivity contribution in [2.75, 3.05) is 5.75 Å². The van der Waals surface area contributed by atoms with Gasteiger partial charge in [-0.1, -0.05) is 50.1 Å². The number of hydrogen-bond acceptors (Lipinski definition) is 3. The molecule has 0 heterocycles. The zero-order valence-electron chi connectivity index (χ0n) is 12.3. The lowest BCUT2D eigenvalue weighted by molar-refractivity contribution is -0.134. The first kappa shape index (κ1) is 18.7. The third-order valence-electron chi connectivity index (χ3n) is 3.27. The van der Waals surface area contributed by atoms with Crippen LogP contribution in [0.4, 0.5) is 13.2 Å². The molecule has 1 aromatic carbocycles. The molecule has 0 radical (unpaired) electrons. The predicted molar refractivity (Wildman–Crippen MR) is 78.5 cm³/mol. The molecule has 0 aliphatic carbocycles. The van der Waals surface area contributed by atoms with Gasteiger partial charge in [0.25, 0.3) is 0 Å². The van der Waals surface area contributed by atoms with E-state index in [0.717, 1.165) is 0 Å². The maximum absolute atomic E-state index is 12.6. The highest BCUT2D eigenvalue weighted by atomic mass is 32.2. The lowest BCUT2D eigenvalue weighted by atomic mass is 10.1. The van der Waals surface area contributed by atoms with Gasteiger partial charge in [0.1, 0.15) is 5.75 Å². The lowest BCUT2D eigenvalue weighted by Crippen LogP contribution is -2.32. The summed E-state index contributed by atoms with van der Waals surface area (Å²) in [5.41, 5.74) is 0.187. The van der Waals surface area contributed by atoms with E-state index in [1.807, 2.05) is 0 Å². The average molecular weight is 336 g/mol. The highest BCUT2D eigenvalue weighted by Gasteiger charge is 2.38. The first-order chi connectivity index (χ1) is 10.2. The summed E-state index contributed by atoms with van der Waals surface area (Å²) in [6.45, 7) is 1.77. The molecule has 3 nitrogen and oxygen atoms in total. The minimum Gasteiger partial charge on any atom is -0.293 e. The lowest BCUT2D eigenvalue weighted by Gasteiger charge is -2.18. The van der Waals surface area contributed by atoms with E-state index in [1.165, 1.54) is 12.1 Å². The second-order valence-electron chi connectivity index (χ2n) is 5.18. The van der Waals surface area contributed by atoms with Crippen LogP contribution in [0.1, 0.15) is 43.0 Å². The van der Waals surface area contributed by atoms with Gasteiger partial charge in [0.2, 0.25) is 0 Å². The van der Waals surface area contributed by atoms with Crippen LogP contribution in [0.15, 0.2) is 30.3 Å². The third-order valence-corrected chi connectivity index (χ3v) is 5.36. The van der Waals surface area contributed by atoms with Crippen LogP contribution in [0.25, 0.3) is 0 Å². The molecule has 1 rings (SSSR count). The first-order valence-electron chi connectivity index (χ1n) is 7.02. The fourth-order valence-electron chi connectivity index (χ4n) is 2.11. The Balaban J connectivity index is 2.89. The zero-order chi connectivity index (χ0) is 16.8. The van der Waals surface area contributed by atoms with Gasteiger partial charge in [-0.15, -0.1) is 0 Å². The zero-order valence-corrected chi connectivity index (χ0v) is 13.1. The van der Waals surface area contributed by atoms with Crippen LogP contribution in [0.2, 0.25) is 0 Å². The van der Waals surface area contributed by atoms with Gasteiger partial charge in [-0.05, 0) is 6.42 Å². The third kappa shape index (κ3) is 6.17. The Bertz CT molecular complexity index is 580. The molecule has 22 heavy (non-hydrogen) atoms. The van der Waals surface area contributed by atoms with Crippen LogP contribution in [0, 0.1) is 0 Å². The van der Waals surface area contributed by atoms with Crippen LogP contribution in [-0.2, 0) is 9.84 Å². The van der Waals surface area contributed by atoms with E-state index in [0.29, 0.717) is 12.8 Å². The van der Waals surface area contributed by atoms with Gasteiger partial charge in [0, 0.05) is 5.56 Å². The molecule has 0 saturated heterocycles. The molecule has 1 aromatic rings. The van der Waals surface area contributed by atoms with Gasteiger partial charge in [-0.3, -0.25) is 4.79 Å². The largest absolute Gasteiger partial charge is 0.390 e. The summed E-state index contributed by atoms with van der Waals surface area (Å²) in [4.78, 5) is 11.9. The Morgan fingerprint density at radius 2 is 1.77 bits per heavy atom. The average Bonchev–Trinajstić information content (AvgIpc) is 2.42. The SMILES string of the molecule is CCCCC(CC(F)(F)F)S(=O)(=O)CC(=O)c1ccccc1. The summed E-state index contributed by atoms with van der Waals surface area (Å²) in [5, 5.41) is -1.56. The Morgan fingerprint density at radius 3 is 2.27 bits per heavy atom. The highest BCUT2D eigenvalue weighted by molar-refractivity contribution is 7.92. The van der Waals surface area contributed by atoms with Gasteiger partial charge in [0.15, 0.2) is 15.6 Å². The summed E-state index contributed by atoms with van der Waals surface area (Å²) in [6.07, 6.45) is -5.09. The van der Waals surface area contributed by atoms with Crippen LogP contribution >= 0.6 is 0 Å². The number of benzene rings is 1. The Morgan fingerprint density at radius 1 is 1.18 bits per heavy atom. The fourth-order valence-corrected chi connectivity index (χ4v) is 3.84. The van der Waals surface area contributed by atoms with E-state index < -0.39 is 39.2 Å². The van der Waals surface area contributed by atoms with Crippen molar-refractivity contribution in [3.63, 3.8) is 0 Å². The van der Waals surface area contributed by atoms with Gasteiger partial charge in [-0.25, -0.2) is 8.42 Å². The molecular weight excluding hydrogens is 317 g/mol. The Labute approximate surface area is 128 Å². The molecule has 7 heteroatoms. The summed E-state index contributed by atoms with van der Waals surface area (Å²) in [7, 11) is -4.14. The second-order valence-corrected chi connectivity index (χ2v) is 7.46. The standard InChI is InChI=1S/C15H19F3O3S/c1-2-3-9-13(10-15(16,17)18)22(20,21)11-14(19)12-7-5-4-6-8-12/h4-8,13H,2-3,9-11H2,1H3. The van der Waals surface area contributed by atoms with Crippen molar-refractivity contribution < 1.29 is 26.4 Å². The van der Waals surface area contributed by atoms with E-state index in [4.69, 9.17) is 0 Å². The van der Waals surface area contributed by atoms with Crippen molar-refractivity contribution >= 4 is 15.6 Å². The van der Waals surface area contributed by atoms with E-state index in [9.17, 15) is 26.4 Å². The number of unbranched alkanes of at least 4 members (excludes halogenated alkanes) is 1. The molecule has 1 atom stereocenters. The minimum atomic E-state index is -4.57. The van der Waals surface area contributed by atoms with Gasteiger partial charge in [0.05, 0.1) is 11.7 Å². The topological polar surface area (TPSA) is 51.2 Å². The summed E-state index contributed by atoms with van der Waals surface area (Å²) < 4.78 is 62.1. The molecule has 0 amide bonds. The van der Waals surface area contributed by atoms with Crippen molar-refractivity contribution in [2.45, 2.75) is 44.0 Å². The van der Waals surface area contributed by atoms with Crippen molar-refractivity contribution in [1.29, 1.82) is 0 Å². The maximum Gasteiger partial charge on any atom is 0.390 e. The minimum absolute atomic E-state index is 0.0829. The van der Waals surface area contributed by atoms with Crippen LogP contribution in [0.5, 0.6) is 0 Å². The van der Waals surface area contributed by atoms with Crippen molar-refractivity contribution in [2.24, 2.45) is 0 Å². The van der Waals surface area contributed by atoms with Gasteiger partial charge >= 0.3 is 6.18 Å². The number of halogens is 3. The number of hydrogen-bond donors (Lipinski definition) is 0. The number of Topliss-reactive ketones (excluding diaryl/α,β-unsaturated/α-hetero) is 1. The van der Waals surface area contributed by atoms with Crippen LogP contribution in [0.3, 0.4) is 0 Å². The van der Waals surface area contributed by atoms with Crippen molar-refractivity contribution in [3.8, 4) is 0 Å². The molecule has 1 unspecified atom stereocenters. The summed E-state index contributed by atoms with van der Waals surface area (Å²) in [6, 6.07) is 7.71. The van der Waals surface area contributed by atoms with E-state index in [-0.39, 0.29) is 12.0 Å². The predicted octanol–water partition coefficient (Wildman–Crippen LogP) is 3.80. The number of carbonyl (C=O) groups excluding carboxylic acids is 1. The van der Waals surface area contributed by atoms with Crippen LogP contribution < -0.4 is 0 Å². The van der Waals surface area contributed by atoms with Crippen molar-refractivity contribution in [3.05, 3.63) is 35.9 Å². The summed E-state index contributed by atoms with van der Waals surface area (Å²) >= 11 is 0. The molecule has 0 spiro atoms. The van der Waals surface area contributed by atoms with E-state index in [2.05, 4.69) is 0 Å². The number of ketones is 1.